The summed E-state index contributed by atoms with van der Waals surface area (Å²) in [6.07, 6.45) is -0.478. The van der Waals surface area contributed by atoms with Crippen molar-refractivity contribution in [2.45, 2.75) is 20.0 Å². The maximum Gasteiger partial charge on any atom is 0.124 e. The number of nitrogens with zero attached hydrogens (tertiary/aromatic N) is 1. The van der Waals surface area contributed by atoms with E-state index in [1.165, 1.54) is 0 Å². The van der Waals surface area contributed by atoms with Crippen molar-refractivity contribution in [3.63, 3.8) is 0 Å². The minimum Gasteiger partial charge on any atom is -0.496 e. The van der Waals surface area contributed by atoms with E-state index in [1.807, 2.05) is 24.3 Å². The van der Waals surface area contributed by atoms with Crippen LogP contribution in [0.2, 0.25) is 0 Å². The highest BCUT2D eigenvalue weighted by Gasteiger charge is 2.22. The van der Waals surface area contributed by atoms with Gasteiger partial charge in [0.25, 0.3) is 0 Å². The van der Waals surface area contributed by atoms with Gasteiger partial charge in [-0.2, -0.15) is 5.26 Å². The molecule has 0 saturated carbocycles. The van der Waals surface area contributed by atoms with Gasteiger partial charge in [-0.1, -0.05) is 18.2 Å². The van der Waals surface area contributed by atoms with E-state index in [0.29, 0.717) is 5.75 Å². The van der Waals surface area contributed by atoms with Crippen LogP contribution in [0.4, 0.5) is 0 Å². The summed E-state index contributed by atoms with van der Waals surface area (Å²) >= 11 is 0. The molecule has 1 aromatic rings. The van der Waals surface area contributed by atoms with E-state index in [-0.39, 0.29) is 13.2 Å². The van der Waals surface area contributed by atoms with Crippen LogP contribution >= 0.6 is 0 Å². The molecule has 1 atom stereocenters. The van der Waals surface area contributed by atoms with Gasteiger partial charge in [0, 0.05) is 5.56 Å². The number of nitriles is 1. The van der Waals surface area contributed by atoms with Gasteiger partial charge in [-0.15, -0.1) is 0 Å². The molecule has 1 aromatic carbocycles. The summed E-state index contributed by atoms with van der Waals surface area (Å²) in [5.74, 6) is 0.673. The number of benzene rings is 1. The largest absolute Gasteiger partial charge is 0.496 e. The van der Waals surface area contributed by atoms with Crippen LogP contribution in [0.25, 0.3) is 0 Å². The predicted molar refractivity (Wildman–Crippen MR) is 68.2 cm³/mol. The second-order valence-electron chi connectivity index (χ2n) is 4.72. The van der Waals surface area contributed by atoms with Gasteiger partial charge >= 0.3 is 0 Å². The molecule has 0 saturated heterocycles. The summed E-state index contributed by atoms with van der Waals surface area (Å²) in [6.45, 7) is 3.70. The van der Waals surface area contributed by atoms with Gasteiger partial charge in [0.2, 0.25) is 0 Å². The molecule has 0 aliphatic carbocycles. The molecule has 1 rings (SSSR count). The number of methoxy groups -OCH3 is 1. The van der Waals surface area contributed by atoms with E-state index in [2.05, 4.69) is 6.07 Å². The van der Waals surface area contributed by atoms with Gasteiger partial charge in [-0.05, 0) is 19.9 Å². The molecule has 4 nitrogen and oxygen atoms in total. The zero-order valence-corrected chi connectivity index (χ0v) is 11.0. The van der Waals surface area contributed by atoms with E-state index in [9.17, 15) is 5.11 Å². The lowest BCUT2D eigenvalue weighted by Crippen LogP contribution is -2.21. The van der Waals surface area contributed by atoms with Crippen LogP contribution in [0, 0.1) is 16.7 Å². The van der Waals surface area contributed by atoms with Crippen LogP contribution in [0.15, 0.2) is 24.3 Å². The summed E-state index contributed by atoms with van der Waals surface area (Å²) in [5.41, 5.74) is 0.214. The number of aliphatic hydroxyl groups excluding tert-OH is 1. The van der Waals surface area contributed by atoms with E-state index in [1.54, 1.807) is 21.0 Å². The number of rotatable bonds is 6. The lowest BCUT2D eigenvalue weighted by Gasteiger charge is -2.22. The first-order chi connectivity index (χ1) is 8.54. The molecule has 0 aromatic heterocycles. The van der Waals surface area contributed by atoms with E-state index in [0.717, 1.165) is 5.56 Å². The van der Waals surface area contributed by atoms with Gasteiger partial charge in [-0.3, -0.25) is 0 Å². The van der Waals surface area contributed by atoms with Crippen LogP contribution in [0.3, 0.4) is 0 Å². The Bertz CT molecular complexity index is 423. The Labute approximate surface area is 108 Å². The van der Waals surface area contributed by atoms with Gasteiger partial charge < -0.3 is 14.6 Å². The van der Waals surface area contributed by atoms with Crippen molar-refractivity contribution in [2.75, 3.05) is 20.3 Å². The van der Waals surface area contributed by atoms with Crippen LogP contribution in [-0.4, -0.2) is 25.4 Å². The molecule has 18 heavy (non-hydrogen) atoms. The lowest BCUT2D eigenvalue weighted by molar-refractivity contribution is -0.0147. The van der Waals surface area contributed by atoms with Gasteiger partial charge in [0.15, 0.2) is 0 Å². The SMILES string of the molecule is COc1ccccc1[C@H](CO)OCC(C)(C)C#N. The van der Waals surface area contributed by atoms with E-state index < -0.39 is 11.5 Å². The van der Waals surface area contributed by atoms with Gasteiger partial charge in [-0.25, -0.2) is 0 Å². The highest BCUT2D eigenvalue weighted by molar-refractivity contribution is 5.35. The van der Waals surface area contributed by atoms with Gasteiger partial charge in [0.1, 0.15) is 11.9 Å². The van der Waals surface area contributed by atoms with Crippen molar-refractivity contribution in [3.8, 4) is 11.8 Å². The van der Waals surface area contributed by atoms with Crippen molar-refractivity contribution in [1.29, 1.82) is 5.26 Å². The Morgan fingerprint density at radius 3 is 2.61 bits per heavy atom. The number of hydrogen-bond donors (Lipinski definition) is 1. The molecule has 98 valence electrons. The average Bonchev–Trinajstić information content (AvgIpc) is 2.40. The highest BCUT2D eigenvalue weighted by atomic mass is 16.5. The second kappa shape index (κ2) is 6.39. The first kappa shape index (κ1) is 14.5. The fraction of sp³-hybridized carbons (Fsp3) is 0.500. The molecule has 4 heteroatoms. The molecule has 0 radical (unpaired) electrons. The van der Waals surface area contributed by atoms with Crippen LogP contribution < -0.4 is 4.74 Å². The first-order valence-corrected chi connectivity index (χ1v) is 5.80. The number of ether oxygens (including phenoxy) is 2. The quantitative estimate of drug-likeness (QED) is 0.840. The predicted octanol–water partition coefficient (Wildman–Crippen LogP) is 2.29. The van der Waals surface area contributed by atoms with Crippen molar-refractivity contribution < 1.29 is 14.6 Å². The van der Waals surface area contributed by atoms with E-state index >= 15 is 0 Å². The molecule has 0 aliphatic heterocycles. The molecule has 0 unspecified atom stereocenters. The summed E-state index contributed by atoms with van der Waals surface area (Å²) in [5, 5.41) is 18.3. The first-order valence-electron chi connectivity index (χ1n) is 5.80. The topological polar surface area (TPSA) is 62.5 Å². The van der Waals surface area contributed by atoms with Crippen molar-refractivity contribution in [2.24, 2.45) is 5.41 Å². The molecular weight excluding hydrogens is 230 g/mol. The molecule has 0 spiro atoms. The average molecular weight is 249 g/mol. The molecule has 1 N–H and O–H groups in total. The molecular formula is C14H19NO3. The maximum absolute atomic E-state index is 9.41. The Balaban J connectivity index is 2.81. The summed E-state index contributed by atoms with van der Waals surface area (Å²) < 4.78 is 10.9. The highest BCUT2D eigenvalue weighted by Crippen LogP contribution is 2.28. The third kappa shape index (κ3) is 3.73. The third-order valence-electron chi connectivity index (χ3n) is 2.60. The van der Waals surface area contributed by atoms with Crippen molar-refractivity contribution in [1.82, 2.24) is 0 Å². The molecule has 0 amide bonds. The Morgan fingerprint density at radius 2 is 2.06 bits per heavy atom. The maximum atomic E-state index is 9.41. The number of para-hydroxylation sites is 1. The fourth-order valence-corrected chi connectivity index (χ4v) is 1.51. The number of aliphatic hydroxyl groups is 1. The molecule has 0 heterocycles. The smallest absolute Gasteiger partial charge is 0.124 e. The zero-order chi connectivity index (χ0) is 13.6. The normalized spacial score (nSPS) is 12.8. The second-order valence-corrected chi connectivity index (χ2v) is 4.72. The fourth-order valence-electron chi connectivity index (χ4n) is 1.51. The van der Waals surface area contributed by atoms with Crippen LogP contribution in [0.1, 0.15) is 25.5 Å². The summed E-state index contributed by atoms with van der Waals surface area (Å²) in [4.78, 5) is 0. The van der Waals surface area contributed by atoms with Crippen LogP contribution in [0.5, 0.6) is 5.75 Å². The summed E-state index contributed by atoms with van der Waals surface area (Å²) in [7, 11) is 1.58. The zero-order valence-electron chi connectivity index (χ0n) is 11.0. The minimum atomic E-state index is -0.574. The third-order valence-corrected chi connectivity index (χ3v) is 2.60. The Morgan fingerprint density at radius 1 is 1.39 bits per heavy atom. The Kier molecular flexibility index (Phi) is 5.14. The molecule has 0 bridgehead atoms. The molecule has 0 fully saturated rings. The monoisotopic (exact) mass is 249 g/mol. The standard InChI is InChI=1S/C14H19NO3/c1-14(2,9-15)10-18-13(8-16)11-6-4-5-7-12(11)17-3/h4-7,13,16H,8,10H2,1-3H3/t13-/m0/s1. The molecule has 0 aliphatic rings. The summed E-state index contributed by atoms with van der Waals surface area (Å²) in [6, 6.07) is 9.54. The lowest BCUT2D eigenvalue weighted by atomic mass is 9.97. The number of hydrogen-bond acceptors (Lipinski definition) is 4. The Hall–Kier alpha value is -1.57. The van der Waals surface area contributed by atoms with E-state index in [4.69, 9.17) is 14.7 Å². The van der Waals surface area contributed by atoms with Crippen molar-refractivity contribution in [3.05, 3.63) is 29.8 Å². The van der Waals surface area contributed by atoms with Crippen LogP contribution in [-0.2, 0) is 4.74 Å². The minimum absolute atomic E-state index is 0.151. The van der Waals surface area contributed by atoms with Crippen molar-refractivity contribution >= 4 is 0 Å². The van der Waals surface area contributed by atoms with Gasteiger partial charge in [0.05, 0.1) is 31.8 Å².